The van der Waals surface area contributed by atoms with Crippen molar-refractivity contribution in [1.29, 1.82) is 0 Å². The number of carbonyl (C=O) groups is 1. The van der Waals surface area contributed by atoms with Crippen LogP contribution in [0.3, 0.4) is 0 Å². The summed E-state index contributed by atoms with van der Waals surface area (Å²) < 4.78 is 52.7. The second-order valence-electron chi connectivity index (χ2n) is 5.88. The predicted molar refractivity (Wildman–Crippen MR) is 99.8 cm³/mol. The van der Waals surface area contributed by atoms with Gasteiger partial charge in [-0.05, 0) is 42.0 Å². The van der Waals surface area contributed by atoms with Gasteiger partial charge in [0.2, 0.25) is 5.91 Å². The summed E-state index contributed by atoms with van der Waals surface area (Å²) in [4.78, 5) is 13.6. The largest absolute Gasteiger partial charge is 0.383 e. The number of carbonyl (C=O) groups excluding carboxylic acids is 1. The number of nitrogens with zero attached hydrogens (tertiary/aromatic N) is 1. The first-order valence-electron chi connectivity index (χ1n) is 8.40. The molecule has 0 bridgehead atoms. The van der Waals surface area contributed by atoms with E-state index in [-0.39, 0.29) is 29.7 Å². The molecule has 0 radical (unpaired) electrons. The first kappa shape index (κ1) is 21.8. The van der Waals surface area contributed by atoms with Gasteiger partial charge in [-0.1, -0.05) is 12.1 Å². The molecule has 1 amide bonds. The monoisotopic (exact) mass is 411 g/mol. The van der Waals surface area contributed by atoms with Crippen LogP contribution >= 0.6 is 0 Å². The minimum atomic E-state index is -4.10. The van der Waals surface area contributed by atoms with Crippen LogP contribution in [0.1, 0.15) is 5.56 Å². The van der Waals surface area contributed by atoms with Gasteiger partial charge in [0.25, 0.3) is 0 Å². The topological polar surface area (TPSA) is 82.1 Å². The highest BCUT2D eigenvalue weighted by molar-refractivity contribution is 7.87. The van der Waals surface area contributed by atoms with E-state index in [2.05, 4.69) is 0 Å². The molecule has 0 aliphatic rings. The van der Waals surface area contributed by atoms with E-state index in [0.717, 1.165) is 24.3 Å². The van der Waals surface area contributed by atoms with Crippen molar-refractivity contribution in [3.05, 3.63) is 59.9 Å². The lowest BCUT2D eigenvalue weighted by molar-refractivity contribution is -0.136. The van der Waals surface area contributed by atoms with Gasteiger partial charge in [-0.2, -0.15) is 8.42 Å². The predicted octanol–water partition coefficient (Wildman–Crippen LogP) is 2.21. The SMILES string of the molecule is COCCN(Cc1cccc(OS(=O)(=O)c2ccc(F)cc2)c1)C(=O)COC. The van der Waals surface area contributed by atoms with Gasteiger partial charge in [-0.15, -0.1) is 0 Å². The molecule has 0 aliphatic heterocycles. The normalized spacial score (nSPS) is 11.2. The molecule has 0 heterocycles. The van der Waals surface area contributed by atoms with E-state index in [0.29, 0.717) is 18.7 Å². The summed E-state index contributed by atoms with van der Waals surface area (Å²) >= 11 is 0. The minimum Gasteiger partial charge on any atom is -0.383 e. The molecule has 0 fully saturated rings. The molecule has 0 saturated carbocycles. The third-order valence-electron chi connectivity index (χ3n) is 3.77. The molecular weight excluding hydrogens is 389 g/mol. The Morgan fingerprint density at radius 3 is 2.43 bits per heavy atom. The van der Waals surface area contributed by atoms with Crippen molar-refractivity contribution >= 4 is 16.0 Å². The van der Waals surface area contributed by atoms with Gasteiger partial charge in [0.05, 0.1) is 6.61 Å². The van der Waals surface area contributed by atoms with Crippen LogP contribution in [0.5, 0.6) is 5.75 Å². The Bertz CT molecular complexity index is 886. The summed E-state index contributed by atoms with van der Waals surface area (Å²) in [5.74, 6) is -0.671. The van der Waals surface area contributed by atoms with Gasteiger partial charge >= 0.3 is 10.1 Å². The lowest BCUT2D eigenvalue weighted by Crippen LogP contribution is -2.35. The zero-order valence-electron chi connectivity index (χ0n) is 15.6. The molecule has 2 aromatic rings. The Morgan fingerprint density at radius 2 is 1.79 bits per heavy atom. The highest BCUT2D eigenvalue weighted by Gasteiger charge is 2.18. The molecule has 0 unspecified atom stereocenters. The van der Waals surface area contributed by atoms with Crippen molar-refractivity contribution in [2.75, 3.05) is 34.0 Å². The number of amides is 1. The zero-order chi connectivity index (χ0) is 20.6. The molecule has 0 atom stereocenters. The van der Waals surface area contributed by atoms with Gasteiger partial charge in [0, 0.05) is 27.3 Å². The molecule has 2 aromatic carbocycles. The molecule has 0 spiro atoms. The Morgan fingerprint density at radius 1 is 1.07 bits per heavy atom. The van der Waals surface area contributed by atoms with Crippen LogP contribution < -0.4 is 4.18 Å². The molecule has 2 rings (SSSR count). The first-order chi connectivity index (χ1) is 13.4. The molecule has 28 heavy (non-hydrogen) atoms. The van der Waals surface area contributed by atoms with E-state index in [1.807, 2.05) is 0 Å². The average molecular weight is 411 g/mol. The standard InChI is InChI=1S/C19H22FNO6S/c1-25-11-10-21(19(22)14-26-2)13-15-4-3-5-17(12-15)27-28(23,24)18-8-6-16(20)7-9-18/h3-9,12H,10-11,13-14H2,1-2H3. The van der Waals surface area contributed by atoms with E-state index in [1.54, 1.807) is 17.0 Å². The maximum absolute atomic E-state index is 13.0. The van der Waals surface area contributed by atoms with Gasteiger partial charge in [0.1, 0.15) is 23.1 Å². The zero-order valence-corrected chi connectivity index (χ0v) is 16.4. The lowest BCUT2D eigenvalue weighted by Gasteiger charge is -2.22. The van der Waals surface area contributed by atoms with Gasteiger partial charge < -0.3 is 18.6 Å². The van der Waals surface area contributed by atoms with Gasteiger partial charge in [0.15, 0.2) is 0 Å². The van der Waals surface area contributed by atoms with Crippen LogP contribution in [0.15, 0.2) is 53.4 Å². The summed E-state index contributed by atoms with van der Waals surface area (Å²) in [5.41, 5.74) is 0.673. The number of methoxy groups -OCH3 is 2. The fourth-order valence-corrected chi connectivity index (χ4v) is 3.32. The van der Waals surface area contributed by atoms with Crippen molar-refractivity contribution in [2.24, 2.45) is 0 Å². The minimum absolute atomic E-state index is 0.0706. The maximum Gasteiger partial charge on any atom is 0.339 e. The molecule has 152 valence electrons. The fourth-order valence-electron chi connectivity index (χ4n) is 2.40. The van der Waals surface area contributed by atoms with Crippen LogP contribution in [0.2, 0.25) is 0 Å². The van der Waals surface area contributed by atoms with Crippen molar-refractivity contribution in [1.82, 2.24) is 4.90 Å². The summed E-state index contributed by atoms with van der Waals surface area (Å²) in [6.07, 6.45) is 0. The number of hydrogen-bond acceptors (Lipinski definition) is 6. The summed E-state index contributed by atoms with van der Waals surface area (Å²) in [5, 5.41) is 0. The third kappa shape index (κ3) is 6.29. The summed E-state index contributed by atoms with van der Waals surface area (Å²) in [6.45, 7) is 0.875. The molecule has 0 aliphatic carbocycles. The molecule has 9 heteroatoms. The van der Waals surface area contributed by atoms with Gasteiger partial charge in [-0.3, -0.25) is 4.79 Å². The quantitative estimate of drug-likeness (QED) is 0.558. The number of halogens is 1. The second-order valence-corrected chi connectivity index (χ2v) is 7.43. The van der Waals surface area contributed by atoms with Crippen LogP contribution in [0.25, 0.3) is 0 Å². The molecule has 7 nitrogen and oxygen atoms in total. The Labute approximate surface area is 163 Å². The van der Waals surface area contributed by atoms with Crippen molar-refractivity contribution in [3.63, 3.8) is 0 Å². The third-order valence-corrected chi connectivity index (χ3v) is 5.03. The molecule has 0 saturated heterocycles. The lowest BCUT2D eigenvalue weighted by atomic mass is 10.2. The second kappa shape index (κ2) is 10.2. The highest BCUT2D eigenvalue weighted by Crippen LogP contribution is 2.21. The Kier molecular flexibility index (Phi) is 7.91. The summed E-state index contributed by atoms with van der Waals surface area (Å²) in [6, 6.07) is 10.7. The van der Waals surface area contributed by atoms with Gasteiger partial charge in [-0.25, -0.2) is 4.39 Å². The number of rotatable bonds is 10. The highest BCUT2D eigenvalue weighted by atomic mass is 32.2. The summed E-state index contributed by atoms with van der Waals surface area (Å²) in [7, 11) is -1.13. The van der Waals surface area contributed by atoms with Crippen LogP contribution in [0, 0.1) is 5.82 Å². The van der Waals surface area contributed by atoms with Crippen LogP contribution in [0.4, 0.5) is 4.39 Å². The molecular formula is C19H22FNO6S. The van der Waals surface area contributed by atoms with Crippen LogP contribution in [-0.2, 0) is 30.9 Å². The molecule has 0 aromatic heterocycles. The van der Waals surface area contributed by atoms with E-state index < -0.39 is 15.9 Å². The van der Waals surface area contributed by atoms with Crippen LogP contribution in [-0.4, -0.2) is 53.2 Å². The first-order valence-corrected chi connectivity index (χ1v) is 9.81. The smallest absolute Gasteiger partial charge is 0.339 e. The number of ether oxygens (including phenoxy) is 2. The van der Waals surface area contributed by atoms with Crippen molar-refractivity contribution in [3.8, 4) is 5.75 Å². The average Bonchev–Trinajstić information content (AvgIpc) is 2.65. The maximum atomic E-state index is 13.0. The Hall–Kier alpha value is -2.49. The number of hydrogen-bond donors (Lipinski definition) is 0. The van der Waals surface area contributed by atoms with Crippen molar-refractivity contribution < 1.29 is 31.3 Å². The van der Waals surface area contributed by atoms with E-state index in [4.69, 9.17) is 13.7 Å². The van der Waals surface area contributed by atoms with E-state index in [1.165, 1.54) is 26.4 Å². The molecule has 0 N–H and O–H groups in total. The van der Waals surface area contributed by atoms with Crippen molar-refractivity contribution in [2.45, 2.75) is 11.4 Å². The fraction of sp³-hybridized carbons (Fsp3) is 0.316. The van der Waals surface area contributed by atoms with E-state index >= 15 is 0 Å². The van der Waals surface area contributed by atoms with E-state index in [9.17, 15) is 17.6 Å². The Balaban J connectivity index is 2.15. The number of benzene rings is 2.